The molecule has 0 aromatic heterocycles. The molecule has 102 heavy (non-hydrogen) atoms. The SMILES string of the molecule is CCC(C)C(C(CC(=O)N1CCCC1C(OC)C(C)C(=O)NC(C)C(O)c1ccccc1)OC)N(C)C(=O)C(NC(=O)C(C(C)C)N(C)C(=O)OCc1ccc(NC(=O)C(CCCNC(N)=O)NC(=O)C(NC(=O)CCOCCOCCNC(=O)CCN2C(=O)C=CC2=O)C(C)C)cc1)C(C)C. The number of urea groups is 1. The largest absolute Gasteiger partial charge is 0.445 e. The van der Waals surface area contributed by atoms with E-state index in [0.717, 1.165) is 17.1 Å². The molecular formula is C72H112N12O18. The Morgan fingerprint density at radius 3 is 1.90 bits per heavy atom. The second-order valence-electron chi connectivity index (χ2n) is 27.0. The van der Waals surface area contributed by atoms with Gasteiger partial charge in [0.15, 0.2) is 0 Å². The van der Waals surface area contributed by atoms with E-state index < -0.39 is 138 Å². The number of carbonyl (C=O) groups excluding carboxylic acids is 12. The Kier molecular flexibility index (Phi) is 36.5. The van der Waals surface area contributed by atoms with Crippen LogP contribution in [0.4, 0.5) is 15.3 Å². The van der Waals surface area contributed by atoms with E-state index in [-0.39, 0.29) is 108 Å². The van der Waals surface area contributed by atoms with E-state index >= 15 is 0 Å². The topological polar surface area (TPSA) is 394 Å². The summed E-state index contributed by atoms with van der Waals surface area (Å²) in [6, 6.07) is 8.56. The monoisotopic (exact) mass is 1430 g/mol. The molecule has 0 aliphatic carbocycles. The molecule has 0 spiro atoms. The summed E-state index contributed by atoms with van der Waals surface area (Å²) in [5.74, 6) is -6.81. The lowest BCUT2D eigenvalue weighted by molar-refractivity contribution is -0.148. The van der Waals surface area contributed by atoms with Crippen LogP contribution < -0.4 is 43.0 Å². The minimum Gasteiger partial charge on any atom is -0.445 e. The third-order valence-electron chi connectivity index (χ3n) is 18.4. The normalized spacial score (nSPS) is 16.9. The van der Waals surface area contributed by atoms with E-state index in [9.17, 15) is 62.6 Å². The number of anilines is 1. The van der Waals surface area contributed by atoms with Gasteiger partial charge in [0.1, 0.15) is 30.8 Å². The minimum absolute atomic E-state index is 0.000861. The summed E-state index contributed by atoms with van der Waals surface area (Å²) in [6.45, 7) is 18.8. The van der Waals surface area contributed by atoms with Crippen molar-refractivity contribution in [1.82, 2.24) is 51.5 Å². The molecule has 1 saturated heterocycles. The van der Waals surface area contributed by atoms with E-state index in [1.165, 1.54) is 26.2 Å². The third-order valence-corrected chi connectivity index (χ3v) is 18.4. The van der Waals surface area contributed by atoms with Crippen LogP contribution >= 0.6 is 0 Å². The Labute approximate surface area is 599 Å². The molecule has 2 aliphatic rings. The number of aliphatic hydroxyl groups is 1. The first-order valence-corrected chi connectivity index (χ1v) is 35.2. The number of nitrogens with one attached hydrogen (secondary N) is 7. The van der Waals surface area contributed by atoms with Gasteiger partial charge in [-0.05, 0) is 79.5 Å². The molecule has 2 aromatic rings. The van der Waals surface area contributed by atoms with E-state index in [1.807, 2.05) is 32.0 Å². The minimum atomic E-state index is -1.14. The van der Waals surface area contributed by atoms with Crippen LogP contribution in [-0.2, 0) is 78.2 Å². The number of carbonyl (C=O) groups is 12. The number of ether oxygens (including phenoxy) is 5. The van der Waals surface area contributed by atoms with Gasteiger partial charge < -0.3 is 81.5 Å². The predicted octanol–water partition coefficient (Wildman–Crippen LogP) is 3.45. The smallest absolute Gasteiger partial charge is 0.410 e. The number of nitrogens with two attached hydrogens (primary N) is 1. The molecule has 2 heterocycles. The van der Waals surface area contributed by atoms with Gasteiger partial charge in [-0.25, -0.2) is 9.59 Å². The molecule has 1 fully saturated rings. The molecular weight excluding hydrogens is 1320 g/mol. The van der Waals surface area contributed by atoms with Crippen molar-refractivity contribution < 1.29 is 86.3 Å². The van der Waals surface area contributed by atoms with E-state index in [1.54, 1.807) is 109 Å². The van der Waals surface area contributed by atoms with Crippen LogP contribution in [0, 0.1) is 29.6 Å². The number of primary amides is 1. The first kappa shape index (κ1) is 85.8. The summed E-state index contributed by atoms with van der Waals surface area (Å²) < 4.78 is 28.7. The van der Waals surface area contributed by atoms with Gasteiger partial charge in [0, 0.05) is 85.2 Å². The van der Waals surface area contributed by atoms with Crippen LogP contribution in [0.15, 0.2) is 66.7 Å². The number of likely N-dealkylation sites (tertiary alicyclic amines) is 1. The zero-order valence-electron chi connectivity index (χ0n) is 61.8. The molecule has 10 N–H and O–H groups in total. The van der Waals surface area contributed by atoms with E-state index in [0.29, 0.717) is 42.6 Å². The van der Waals surface area contributed by atoms with Gasteiger partial charge in [-0.2, -0.15) is 0 Å². The van der Waals surface area contributed by atoms with Gasteiger partial charge in [-0.15, -0.1) is 0 Å². The fraction of sp³-hybridized carbons (Fsp3) is 0.639. The molecule has 0 saturated carbocycles. The number of imide groups is 1. The van der Waals surface area contributed by atoms with Crippen LogP contribution in [0.1, 0.15) is 138 Å². The van der Waals surface area contributed by atoms with Gasteiger partial charge >= 0.3 is 12.1 Å². The molecule has 12 unspecified atom stereocenters. The lowest BCUT2D eigenvalue weighted by Crippen LogP contribution is -2.60. The quantitative estimate of drug-likeness (QED) is 0.0339. The zero-order valence-corrected chi connectivity index (χ0v) is 61.8. The number of amides is 13. The Morgan fingerprint density at radius 2 is 1.31 bits per heavy atom. The van der Waals surface area contributed by atoms with E-state index in [4.69, 9.17) is 29.4 Å². The lowest BCUT2D eigenvalue weighted by Gasteiger charge is -2.41. The Balaban J connectivity index is 1.32. The van der Waals surface area contributed by atoms with Gasteiger partial charge in [0.2, 0.25) is 47.3 Å². The van der Waals surface area contributed by atoms with Crippen molar-refractivity contribution >= 4 is 76.9 Å². The summed E-state index contributed by atoms with van der Waals surface area (Å²) in [5.41, 5.74) is 6.75. The van der Waals surface area contributed by atoms with Gasteiger partial charge in [0.25, 0.3) is 11.8 Å². The number of benzene rings is 2. The molecule has 30 nitrogen and oxygen atoms in total. The van der Waals surface area contributed by atoms with Gasteiger partial charge in [-0.3, -0.25) is 57.7 Å². The van der Waals surface area contributed by atoms with Crippen molar-refractivity contribution in [3.8, 4) is 0 Å². The fourth-order valence-electron chi connectivity index (χ4n) is 12.4. The van der Waals surface area contributed by atoms with Crippen molar-refractivity contribution in [1.29, 1.82) is 0 Å². The molecule has 4 rings (SSSR count). The van der Waals surface area contributed by atoms with Crippen LogP contribution in [0.3, 0.4) is 0 Å². The summed E-state index contributed by atoms with van der Waals surface area (Å²) >= 11 is 0. The number of aliphatic hydroxyl groups excluding tert-OH is 1. The van der Waals surface area contributed by atoms with Crippen molar-refractivity contribution in [3.05, 3.63) is 77.9 Å². The molecule has 30 heteroatoms. The van der Waals surface area contributed by atoms with Crippen LogP contribution in [0.5, 0.6) is 0 Å². The first-order chi connectivity index (χ1) is 48.4. The molecule has 0 bridgehead atoms. The van der Waals surface area contributed by atoms with E-state index in [2.05, 4.69) is 37.2 Å². The highest BCUT2D eigenvalue weighted by atomic mass is 16.6. The summed E-state index contributed by atoms with van der Waals surface area (Å²) in [6.07, 6.45) is 0.973. The second kappa shape index (κ2) is 43.4. The Bertz CT molecular complexity index is 3100. The van der Waals surface area contributed by atoms with Crippen molar-refractivity contribution in [2.24, 2.45) is 35.3 Å². The predicted molar refractivity (Wildman–Crippen MR) is 379 cm³/mol. The maximum atomic E-state index is 14.8. The highest BCUT2D eigenvalue weighted by Gasteiger charge is 2.44. The number of likely N-dealkylation sites (N-methyl/N-ethyl adjacent to an activating group) is 2. The van der Waals surface area contributed by atoms with Crippen molar-refractivity contribution in [3.63, 3.8) is 0 Å². The Hall–Kier alpha value is -8.58. The first-order valence-electron chi connectivity index (χ1n) is 35.2. The summed E-state index contributed by atoms with van der Waals surface area (Å²) in [7, 11) is 6.06. The second-order valence-corrected chi connectivity index (χ2v) is 27.0. The number of hydrogen-bond acceptors (Lipinski definition) is 18. The molecule has 2 aliphatic heterocycles. The number of rotatable bonds is 44. The molecule has 0 radical (unpaired) electrons. The van der Waals surface area contributed by atoms with Crippen LogP contribution in [-0.4, -0.2) is 231 Å². The molecule has 2 aromatic carbocycles. The maximum Gasteiger partial charge on any atom is 0.410 e. The lowest BCUT2D eigenvalue weighted by atomic mass is 9.89. The fourth-order valence-corrected chi connectivity index (χ4v) is 12.4. The maximum absolute atomic E-state index is 14.8. The standard InChI is InChI=1S/C72H112N12O18/c1-15-46(8)63(54(98-13)41-59(89)83-35-20-24-53(83)65(99-14)47(9)66(91)76-48(10)64(90)50-21-17-16-18-22-50)81(11)70(95)61(44(4)5)80-69(94)62(45(6)7)82(12)72(97)102-42-49-25-27-51(28-26-49)77-67(92)52(23-19-33-75-71(73)96)78-68(93)60(43(2)3)79-56(86)32-37-100-39-40-101-38-34-74-55(85)31-36-84-57(87)29-30-58(84)88/h16-18,21-22,25-30,43-48,52-54,60-65,90H,15,19-20,23-24,31-42H2,1-14H3,(H,74,85)(H,76,91)(H,77,92)(H,78,93)(H,79,86)(H,80,94)(H3,73,75,96). The average molecular weight is 1430 g/mol. The highest BCUT2D eigenvalue weighted by Crippen LogP contribution is 2.31. The number of hydrogen-bond donors (Lipinski definition) is 9. The number of methoxy groups -OCH3 is 2. The Morgan fingerprint density at radius 1 is 0.676 bits per heavy atom. The van der Waals surface area contributed by atoms with Crippen molar-refractivity contribution in [2.75, 3.05) is 86.2 Å². The van der Waals surface area contributed by atoms with Crippen LogP contribution in [0.25, 0.3) is 0 Å². The van der Waals surface area contributed by atoms with Crippen LogP contribution in [0.2, 0.25) is 0 Å². The summed E-state index contributed by atoms with van der Waals surface area (Å²) in [5, 5.41) is 30.2. The van der Waals surface area contributed by atoms with Gasteiger partial charge in [-0.1, -0.05) is 111 Å². The number of nitrogens with zero attached hydrogens (tertiary/aromatic N) is 4. The van der Waals surface area contributed by atoms with Crippen molar-refractivity contribution in [2.45, 2.75) is 188 Å². The third kappa shape index (κ3) is 26.7. The molecule has 568 valence electrons. The zero-order chi connectivity index (χ0) is 75.9. The summed E-state index contributed by atoms with van der Waals surface area (Å²) in [4.78, 5) is 164. The molecule has 13 amide bonds. The van der Waals surface area contributed by atoms with Gasteiger partial charge in [0.05, 0.1) is 75.2 Å². The highest BCUT2D eigenvalue weighted by molar-refractivity contribution is 6.13. The molecule has 12 atom stereocenters. The average Bonchev–Trinajstić information content (AvgIpc) is 1.49.